The minimum atomic E-state index is 0.550. The van der Waals surface area contributed by atoms with E-state index in [1.807, 2.05) is 48.5 Å². The molecule has 0 fully saturated rings. The fourth-order valence-electron chi connectivity index (χ4n) is 2.16. The second kappa shape index (κ2) is 4.35. The summed E-state index contributed by atoms with van der Waals surface area (Å²) in [7, 11) is 0. The van der Waals surface area contributed by atoms with Gasteiger partial charge in [-0.15, -0.1) is 0 Å². The maximum absolute atomic E-state index is 4.52. The summed E-state index contributed by atoms with van der Waals surface area (Å²) in [6.45, 7) is 0. The summed E-state index contributed by atoms with van der Waals surface area (Å²) in [6, 6.07) is 15.8. The van der Waals surface area contributed by atoms with Crippen molar-refractivity contribution < 1.29 is 0 Å². The third-order valence-corrected chi connectivity index (χ3v) is 3.18. The number of para-hydroxylation sites is 2. The predicted molar refractivity (Wildman–Crippen MR) is 78.1 cm³/mol. The Morgan fingerprint density at radius 3 is 1.50 bits per heavy atom. The Balaban J connectivity index is 1.91. The Kier molecular flexibility index (Phi) is 2.39. The lowest BCUT2D eigenvalue weighted by Crippen LogP contribution is -1.95. The predicted octanol–water partition coefficient (Wildman–Crippen LogP) is 3.24. The second-order valence-electron chi connectivity index (χ2n) is 4.50. The zero-order valence-electron chi connectivity index (χ0n) is 10.6. The van der Waals surface area contributed by atoms with Crippen molar-refractivity contribution in [2.24, 2.45) is 0 Å². The lowest BCUT2D eigenvalue weighted by Gasteiger charge is -2.02. The Morgan fingerprint density at radius 2 is 1.00 bits per heavy atom. The molecule has 0 aliphatic heterocycles. The van der Waals surface area contributed by atoms with Crippen molar-refractivity contribution in [2.75, 3.05) is 0 Å². The Hall–Kier alpha value is -2.88. The van der Waals surface area contributed by atoms with Crippen LogP contribution in [0.5, 0.6) is 0 Å². The molecule has 0 saturated heterocycles. The van der Waals surface area contributed by atoms with E-state index in [0.717, 1.165) is 21.8 Å². The normalized spacial score (nSPS) is 11.0. The van der Waals surface area contributed by atoms with E-state index in [2.05, 4.69) is 19.9 Å². The first-order valence-electron chi connectivity index (χ1n) is 6.34. The van der Waals surface area contributed by atoms with E-state index in [1.165, 1.54) is 0 Å². The van der Waals surface area contributed by atoms with Gasteiger partial charge in [0.05, 0.1) is 11.0 Å². The van der Waals surface area contributed by atoms with Crippen molar-refractivity contribution >= 4 is 21.8 Å². The summed E-state index contributed by atoms with van der Waals surface area (Å²) in [5.41, 5.74) is 1.79. The molecule has 4 nitrogen and oxygen atoms in total. The monoisotopic (exact) mass is 258 g/mol. The first-order valence-corrected chi connectivity index (χ1v) is 6.34. The molecule has 0 unspecified atom stereocenters. The van der Waals surface area contributed by atoms with Gasteiger partial charge in [0.25, 0.3) is 0 Å². The zero-order valence-corrected chi connectivity index (χ0v) is 10.6. The van der Waals surface area contributed by atoms with Gasteiger partial charge in [0.1, 0.15) is 0 Å². The highest BCUT2D eigenvalue weighted by Crippen LogP contribution is 2.17. The molecule has 94 valence electrons. The highest BCUT2D eigenvalue weighted by molar-refractivity contribution is 5.81. The average molecular weight is 258 g/mol. The molecule has 4 rings (SSSR count). The van der Waals surface area contributed by atoms with Crippen molar-refractivity contribution in [1.82, 2.24) is 19.9 Å². The molecule has 0 amide bonds. The largest absolute Gasteiger partial charge is 0.233 e. The molecule has 0 aliphatic rings. The van der Waals surface area contributed by atoms with E-state index < -0.39 is 0 Å². The SMILES string of the molecule is c1ccc2nc(-c3ncc4ccccc4n3)ncc2c1. The lowest BCUT2D eigenvalue weighted by molar-refractivity contribution is 1.12. The molecule has 20 heavy (non-hydrogen) atoms. The summed E-state index contributed by atoms with van der Waals surface area (Å²) < 4.78 is 0. The minimum Gasteiger partial charge on any atom is -0.233 e. The molecular weight excluding hydrogens is 248 g/mol. The van der Waals surface area contributed by atoms with Crippen LogP contribution in [-0.2, 0) is 0 Å². The lowest BCUT2D eigenvalue weighted by atomic mass is 10.2. The van der Waals surface area contributed by atoms with Crippen molar-refractivity contribution in [1.29, 1.82) is 0 Å². The van der Waals surface area contributed by atoms with Crippen molar-refractivity contribution in [3.8, 4) is 11.6 Å². The molecule has 4 heteroatoms. The number of hydrogen-bond donors (Lipinski definition) is 0. The van der Waals surface area contributed by atoms with Crippen molar-refractivity contribution in [3.05, 3.63) is 60.9 Å². The summed E-state index contributed by atoms with van der Waals surface area (Å²) in [6.07, 6.45) is 3.60. The van der Waals surface area contributed by atoms with Crippen LogP contribution in [0.25, 0.3) is 33.5 Å². The third kappa shape index (κ3) is 1.78. The van der Waals surface area contributed by atoms with Crippen LogP contribution in [0.4, 0.5) is 0 Å². The molecule has 0 N–H and O–H groups in total. The maximum atomic E-state index is 4.52. The van der Waals surface area contributed by atoms with Crippen LogP contribution in [0.15, 0.2) is 60.9 Å². The van der Waals surface area contributed by atoms with Crippen molar-refractivity contribution in [3.63, 3.8) is 0 Å². The van der Waals surface area contributed by atoms with Crippen LogP contribution in [0, 0.1) is 0 Å². The third-order valence-electron chi connectivity index (χ3n) is 3.18. The van der Waals surface area contributed by atoms with E-state index in [4.69, 9.17) is 0 Å². The molecule has 2 aromatic carbocycles. The van der Waals surface area contributed by atoms with Gasteiger partial charge >= 0.3 is 0 Å². The van der Waals surface area contributed by atoms with E-state index in [9.17, 15) is 0 Å². The average Bonchev–Trinajstić information content (AvgIpc) is 2.54. The van der Waals surface area contributed by atoms with E-state index in [1.54, 1.807) is 12.4 Å². The number of rotatable bonds is 1. The topological polar surface area (TPSA) is 51.6 Å². The van der Waals surface area contributed by atoms with E-state index in [0.29, 0.717) is 11.6 Å². The molecule has 0 atom stereocenters. The Labute approximate surface area is 115 Å². The fraction of sp³-hybridized carbons (Fsp3) is 0. The molecule has 0 aliphatic carbocycles. The van der Waals surface area contributed by atoms with Gasteiger partial charge in [0, 0.05) is 23.2 Å². The Bertz CT molecular complexity index is 841. The summed E-state index contributed by atoms with van der Waals surface area (Å²) >= 11 is 0. The number of benzene rings is 2. The van der Waals surface area contributed by atoms with Crippen LogP contribution in [0.2, 0.25) is 0 Å². The molecule has 0 saturated carbocycles. The summed E-state index contributed by atoms with van der Waals surface area (Å²) in [5, 5.41) is 2.02. The standard InChI is InChI=1S/C16H10N4/c1-3-7-13-11(5-1)9-17-15(19-13)16-18-10-12-6-2-4-8-14(12)20-16/h1-10H. The molecular formula is C16H10N4. The van der Waals surface area contributed by atoms with Gasteiger partial charge in [-0.25, -0.2) is 19.9 Å². The first-order chi connectivity index (χ1) is 9.90. The van der Waals surface area contributed by atoms with Crippen molar-refractivity contribution in [2.45, 2.75) is 0 Å². The molecule has 0 radical (unpaired) electrons. The highest BCUT2D eigenvalue weighted by Gasteiger charge is 2.06. The van der Waals surface area contributed by atoms with Gasteiger partial charge in [-0.05, 0) is 12.1 Å². The quantitative estimate of drug-likeness (QED) is 0.526. The van der Waals surface area contributed by atoms with Gasteiger partial charge in [-0.2, -0.15) is 0 Å². The molecule has 0 spiro atoms. The van der Waals surface area contributed by atoms with Gasteiger partial charge < -0.3 is 0 Å². The second-order valence-corrected chi connectivity index (χ2v) is 4.50. The molecule has 2 aromatic heterocycles. The van der Waals surface area contributed by atoms with Crippen LogP contribution in [0.3, 0.4) is 0 Å². The summed E-state index contributed by atoms with van der Waals surface area (Å²) in [5.74, 6) is 1.10. The first kappa shape index (κ1) is 11.0. The minimum absolute atomic E-state index is 0.550. The smallest absolute Gasteiger partial charge is 0.198 e. The van der Waals surface area contributed by atoms with Gasteiger partial charge in [0.15, 0.2) is 11.6 Å². The zero-order chi connectivity index (χ0) is 13.4. The number of nitrogens with zero attached hydrogens (tertiary/aromatic N) is 4. The highest BCUT2D eigenvalue weighted by atomic mass is 15.0. The van der Waals surface area contributed by atoms with Gasteiger partial charge in [-0.1, -0.05) is 36.4 Å². The van der Waals surface area contributed by atoms with Crippen LogP contribution in [-0.4, -0.2) is 19.9 Å². The maximum Gasteiger partial charge on any atom is 0.198 e. The molecule has 0 bridgehead atoms. The molecule has 4 aromatic rings. The van der Waals surface area contributed by atoms with Crippen LogP contribution in [0.1, 0.15) is 0 Å². The van der Waals surface area contributed by atoms with Crippen LogP contribution >= 0.6 is 0 Å². The Morgan fingerprint density at radius 1 is 0.550 bits per heavy atom. The number of fused-ring (bicyclic) bond motifs is 2. The fourth-order valence-corrected chi connectivity index (χ4v) is 2.16. The number of hydrogen-bond acceptors (Lipinski definition) is 4. The van der Waals surface area contributed by atoms with Gasteiger partial charge in [-0.3, -0.25) is 0 Å². The van der Waals surface area contributed by atoms with Gasteiger partial charge in [0.2, 0.25) is 0 Å². The van der Waals surface area contributed by atoms with E-state index >= 15 is 0 Å². The summed E-state index contributed by atoms with van der Waals surface area (Å²) in [4.78, 5) is 17.7. The van der Waals surface area contributed by atoms with Crippen LogP contribution < -0.4 is 0 Å². The number of aromatic nitrogens is 4. The molecule has 2 heterocycles. The van der Waals surface area contributed by atoms with E-state index in [-0.39, 0.29) is 0 Å².